The Labute approximate surface area is 69.6 Å². The zero-order valence-corrected chi connectivity index (χ0v) is 2.80. The summed E-state index contributed by atoms with van der Waals surface area (Å²) < 4.78 is 0. The second-order valence-corrected chi connectivity index (χ2v) is 0.283. The fourth-order valence-electron chi connectivity index (χ4n) is 0. The first-order valence-corrected chi connectivity index (χ1v) is 0.651. The summed E-state index contributed by atoms with van der Waals surface area (Å²) in [6.07, 6.45) is -1.83. The van der Waals surface area contributed by atoms with Crippen molar-refractivity contribution in [1.82, 2.24) is 0 Å². The van der Waals surface area contributed by atoms with Crippen LogP contribution in [0.2, 0.25) is 0 Å². The Morgan fingerprint density at radius 3 is 1.14 bits per heavy atom. The topological polar surface area (TPSA) is 121 Å². The summed E-state index contributed by atoms with van der Waals surface area (Å²) >= 11 is 0. The molecule has 0 amide bonds. The van der Waals surface area contributed by atoms with Crippen molar-refractivity contribution < 1.29 is 26.0 Å². The van der Waals surface area contributed by atoms with Crippen molar-refractivity contribution in [2.75, 3.05) is 0 Å². The van der Waals surface area contributed by atoms with Gasteiger partial charge < -0.3 is 21.2 Å². The average molecular weight is 140 g/mol. The van der Waals surface area contributed by atoms with E-state index in [1.807, 2.05) is 0 Å². The van der Waals surface area contributed by atoms with E-state index in [-0.39, 0.29) is 48.7 Å². The quantitative estimate of drug-likeness (QED) is 0.366. The molecule has 0 aromatic rings. The van der Waals surface area contributed by atoms with Crippen LogP contribution in [0.1, 0.15) is 0 Å². The van der Waals surface area contributed by atoms with Gasteiger partial charge in [-0.25, -0.2) is 4.79 Å². The van der Waals surface area contributed by atoms with Crippen molar-refractivity contribution >= 4 is 43.9 Å². The summed E-state index contributed by atoms with van der Waals surface area (Å²) in [4.78, 5) is 8.56. The van der Waals surface area contributed by atoms with Gasteiger partial charge in [0.15, 0.2) is 0 Å². The molecule has 6 N–H and O–H groups in total. The molecule has 0 atom stereocenters. The van der Waals surface area contributed by atoms with Gasteiger partial charge in [0.2, 0.25) is 0 Å². The summed E-state index contributed by atoms with van der Waals surface area (Å²) in [5.74, 6) is 0. The van der Waals surface area contributed by atoms with E-state index >= 15 is 0 Å². The minimum absolute atomic E-state index is 0. The van der Waals surface area contributed by atoms with E-state index in [1.165, 1.54) is 0 Å². The van der Waals surface area contributed by atoms with Gasteiger partial charge >= 0.3 is 43.9 Å². The second-order valence-electron chi connectivity index (χ2n) is 0.283. The first kappa shape index (κ1) is 26.0. The molecule has 5 nitrogen and oxygen atoms in total. The number of hydrogen-bond donors (Lipinski definition) is 2. The fraction of sp³-hybridized carbons (Fsp3) is 0. The first-order valence-electron chi connectivity index (χ1n) is 0.651. The normalized spacial score (nSPS) is 3.43. The Balaban J connectivity index is -0.0000000150. The molecule has 0 fully saturated rings. The third kappa shape index (κ3) is 631. The third-order valence-electron chi connectivity index (χ3n) is 0. The van der Waals surface area contributed by atoms with Crippen molar-refractivity contribution in [2.45, 2.75) is 0 Å². The molecular formula is CH8CaO5. The van der Waals surface area contributed by atoms with Crippen LogP contribution < -0.4 is 0 Å². The molecule has 0 spiro atoms. The van der Waals surface area contributed by atoms with Gasteiger partial charge in [-0.1, -0.05) is 0 Å². The predicted octanol–water partition coefficient (Wildman–Crippen LogP) is -2.34. The summed E-state index contributed by atoms with van der Waals surface area (Å²) in [6.45, 7) is 0. The molecule has 0 aromatic heterocycles. The molecule has 6 heteroatoms. The standard InChI is InChI=1S/CH2O3.Ca.2H2O.2H/c2-1(3)4;;;;;/h(H2,2,3,4);;2*1H2;;. The maximum absolute atomic E-state index is 8.56. The van der Waals surface area contributed by atoms with Crippen LogP contribution in [0.15, 0.2) is 0 Å². The summed E-state index contributed by atoms with van der Waals surface area (Å²) in [5.41, 5.74) is 0. The van der Waals surface area contributed by atoms with E-state index in [4.69, 9.17) is 15.0 Å². The Morgan fingerprint density at radius 2 is 1.14 bits per heavy atom. The van der Waals surface area contributed by atoms with Crippen molar-refractivity contribution in [3.63, 3.8) is 0 Å². The van der Waals surface area contributed by atoms with E-state index in [0.717, 1.165) is 0 Å². The van der Waals surface area contributed by atoms with Gasteiger partial charge in [-0.05, 0) is 0 Å². The predicted molar refractivity (Wildman–Crippen MR) is 26.4 cm³/mol. The molecule has 0 rings (SSSR count). The summed E-state index contributed by atoms with van der Waals surface area (Å²) in [7, 11) is 0. The van der Waals surface area contributed by atoms with Crippen LogP contribution in [-0.4, -0.2) is 65.1 Å². The fourth-order valence-corrected chi connectivity index (χ4v) is 0. The maximum atomic E-state index is 8.56. The number of rotatable bonds is 0. The molecule has 0 aliphatic rings. The molecule has 0 aliphatic heterocycles. The van der Waals surface area contributed by atoms with Crippen LogP contribution in [0.25, 0.3) is 0 Å². The zero-order chi connectivity index (χ0) is 3.58. The molecule has 0 aliphatic carbocycles. The van der Waals surface area contributed by atoms with Gasteiger partial charge in [0.1, 0.15) is 0 Å². The molecule has 7 heavy (non-hydrogen) atoms. The average Bonchev–Trinajstić information content (AvgIpc) is 0.811. The SMILES string of the molecule is O.O.O=C(O)O.[CaH2]. The van der Waals surface area contributed by atoms with Crippen LogP contribution in [0.3, 0.4) is 0 Å². The molecule has 0 saturated carbocycles. The number of carbonyl (C=O) groups is 1. The minimum atomic E-state index is -1.83. The van der Waals surface area contributed by atoms with Crippen LogP contribution in [0, 0.1) is 0 Å². The number of carboxylic acid groups (broad SMARTS) is 2. The van der Waals surface area contributed by atoms with Crippen LogP contribution >= 0.6 is 0 Å². The van der Waals surface area contributed by atoms with E-state index < -0.39 is 6.16 Å². The van der Waals surface area contributed by atoms with Gasteiger partial charge in [0.25, 0.3) is 0 Å². The molecule has 0 saturated heterocycles. The zero-order valence-electron chi connectivity index (χ0n) is 2.80. The Bertz CT molecular complexity index is 31.1. The van der Waals surface area contributed by atoms with Gasteiger partial charge in [0.05, 0.1) is 0 Å². The van der Waals surface area contributed by atoms with Crippen LogP contribution in [0.5, 0.6) is 0 Å². The molecule has 0 aromatic carbocycles. The van der Waals surface area contributed by atoms with Crippen molar-refractivity contribution in [3.8, 4) is 0 Å². The van der Waals surface area contributed by atoms with Crippen molar-refractivity contribution in [3.05, 3.63) is 0 Å². The third-order valence-corrected chi connectivity index (χ3v) is 0. The van der Waals surface area contributed by atoms with Crippen molar-refractivity contribution in [2.24, 2.45) is 0 Å². The molecule has 0 heterocycles. The Hall–Kier alpha value is 0.450. The van der Waals surface area contributed by atoms with Crippen LogP contribution in [-0.2, 0) is 0 Å². The van der Waals surface area contributed by atoms with Crippen LogP contribution in [0.4, 0.5) is 4.79 Å². The van der Waals surface area contributed by atoms with Gasteiger partial charge in [-0.3, -0.25) is 0 Å². The Kier molecular flexibility index (Phi) is 59.9. The van der Waals surface area contributed by atoms with E-state index in [0.29, 0.717) is 0 Å². The molecular weight excluding hydrogens is 132 g/mol. The van der Waals surface area contributed by atoms with E-state index in [1.54, 1.807) is 0 Å². The summed E-state index contributed by atoms with van der Waals surface area (Å²) in [6, 6.07) is 0. The summed E-state index contributed by atoms with van der Waals surface area (Å²) in [5, 5.41) is 13.9. The van der Waals surface area contributed by atoms with Gasteiger partial charge in [-0.2, -0.15) is 0 Å². The second kappa shape index (κ2) is 16.1. The Morgan fingerprint density at radius 1 is 1.14 bits per heavy atom. The molecule has 0 unspecified atom stereocenters. The molecule has 0 radical (unpaired) electrons. The molecule has 44 valence electrons. The van der Waals surface area contributed by atoms with Gasteiger partial charge in [-0.15, -0.1) is 0 Å². The van der Waals surface area contributed by atoms with E-state index in [9.17, 15) is 0 Å². The van der Waals surface area contributed by atoms with Crippen molar-refractivity contribution in [1.29, 1.82) is 0 Å². The monoisotopic (exact) mass is 140 g/mol. The number of hydrogen-bond acceptors (Lipinski definition) is 1. The molecule has 0 bridgehead atoms. The van der Waals surface area contributed by atoms with E-state index in [2.05, 4.69) is 0 Å². The van der Waals surface area contributed by atoms with Gasteiger partial charge in [0, 0.05) is 0 Å². The first-order chi connectivity index (χ1) is 1.73.